The van der Waals surface area contributed by atoms with Crippen molar-refractivity contribution in [2.75, 3.05) is 0 Å². The molecule has 0 heterocycles. The second-order valence-corrected chi connectivity index (χ2v) is 3.41. The number of hydrogen-bond acceptors (Lipinski definition) is 3. The van der Waals surface area contributed by atoms with Gasteiger partial charge in [0.1, 0.15) is 12.2 Å². The van der Waals surface area contributed by atoms with E-state index in [0.717, 1.165) is 0 Å². The fraction of sp³-hybridized carbons (Fsp3) is 0.182. The minimum atomic E-state index is -1.17. The van der Waals surface area contributed by atoms with Gasteiger partial charge in [-0.3, -0.25) is 0 Å². The summed E-state index contributed by atoms with van der Waals surface area (Å²) in [5.41, 5.74) is 0.941. The number of carboxylic acids is 1. The molecule has 0 aliphatic heterocycles. The van der Waals surface area contributed by atoms with Gasteiger partial charge in [-0.2, -0.15) is 0 Å². The number of carbonyl (C=O) groups is 1. The van der Waals surface area contributed by atoms with Gasteiger partial charge in [0.05, 0.1) is 5.56 Å². The third kappa shape index (κ3) is 1.54. The lowest BCUT2D eigenvalue weighted by molar-refractivity contribution is 0.0446. The second kappa shape index (κ2) is 3.49. The molecule has 0 saturated heterocycles. The van der Waals surface area contributed by atoms with Crippen molar-refractivity contribution in [2.45, 2.75) is 12.2 Å². The van der Waals surface area contributed by atoms with E-state index in [1.165, 1.54) is 12.1 Å². The maximum Gasteiger partial charge on any atom is 0.336 e. The van der Waals surface area contributed by atoms with Crippen LogP contribution in [0.4, 0.5) is 0 Å². The third-order valence-electron chi connectivity index (χ3n) is 2.46. The minimum absolute atomic E-state index is 0.0309. The Morgan fingerprint density at radius 1 is 1.27 bits per heavy atom. The van der Waals surface area contributed by atoms with Gasteiger partial charge in [0, 0.05) is 5.56 Å². The summed E-state index contributed by atoms with van der Waals surface area (Å²) in [4.78, 5) is 10.9. The number of carboxylic acid groups (broad SMARTS) is 1. The van der Waals surface area contributed by atoms with Crippen molar-refractivity contribution in [1.29, 1.82) is 0 Å². The van der Waals surface area contributed by atoms with Crippen LogP contribution >= 0.6 is 0 Å². The van der Waals surface area contributed by atoms with E-state index in [-0.39, 0.29) is 11.1 Å². The monoisotopic (exact) mass is 206 g/mol. The minimum Gasteiger partial charge on any atom is -0.478 e. The van der Waals surface area contributed by atoms with Crippen LogP contribution in [0.25, 0.3) is 6.08 Å². The normalized spacial score (nSPS) is 23.6. The van der Waals surface area contributed by atoms with Gasteiger partial charge in [-0.25, -0.2) is 4.79 Å². The van der Waals surface area contributed by atoms with Crippen molar-refractivity contribution in [3.8, 4) is 0 Å². The number of aliphatic hydroxyl groups is 2. The number of benzene rings is 1. The zero-order chi connectivity index (χ0) is 11.0. The summed E-state index contributed by atoms with van der Waals surface area (Å²) in [5, 5.41) is 28.0. The lowest BCUT2D eigenvalue weighted by Crippen LogP contribution is -2.22. The molecule has 0 bridgehead atoms. The predicted molar refractivity (Wildman–Crippen MR) is 53.4 cm³/mol. The quantitative estimate of drug-likeness (QED) is 0.635. The molecule has 1 aliphatic rings. The zero-order valence-electron chi connectivity index (χ0n) is 7.79. The maximum absolute atomic E-state index is 10.9. The van der Waals surface area contributed by atoms with E-state index < -0.39 is 18.2 Å². The molecule has 0 unspecified atom stereocenters. The van der Waals surface area contributed by atoms with Crippen molar-refractivity contribution in [1.82, 2.24) is 0 Å². The number of aliphatic hydroxyl groups excluding tert-OH is 2. The first-order valence-electron chi connectivity index (χ1n) is 4.52. The summed E-state index contributed by atoms with van der Waals surface area (Å²) in [6.45, 7) is 0. The van der Waals surface area contributed by atoms with Crippen LogP contribution in [-0.4, -0.2) is 27.4 Å². The summed E-state index contributed by atoms with van der Waals surface area (Å²) in [6.07, 6.45) is 0.841. The van der Waals surface area contributed by atoms with Gasteiger partial charge in [-0.05, 0) is 11.6 Å². The van der Waals surface area contributed by atoms with Crippen molar-refractivity contribution >= 4 is 12.0 Å². The number of aromatic carboxylic acids is 1. The molecule has 2 atom stereocenters. The number of hydrogen-bond donors (Lipinski definition) is 3. The molecular weight excluding hydrogens is 196 g/mol. The lowest BCUT2D eigenvalue weighted by atomic mass is 9.89. The van der Waals surface area contributed by atoms with E-state index >= 15 is 0 Å². The lowest BCUT2D eigenvalue weighted by Gasteiger charge is -2.23. The number of rotatable bonds is 1. The van der Waals surface area contributed by atoms with Crippen LogP contribution in [0.3, 0.4) is 0 Å². The summed E-state index contributed by atoms with van der Waals surface area (Å²) in [6, 6.07) is 4.72. The van der Waals surface area contributed by atoms with Gasteiger partial charge in [0.15, 0.2) is 0 Å². The van der Waals surface area contributed by atoms with E-state index in [1.54, 1.807) is 18.2 Å². The van der Waals surface area contributed by atoms with Crippen molar-refractivity contribution < 1.29 is 20.1 Å². The fourth-order valence-electron chi connectivity index (χ4n) is 1.72. The van der Waals surface area contributed by atoms with Gasteiger partial charge < -0.3 is 15.3 Å². The summed E-state index contributed by atoms with van der Waals surface area (Å²) in [7, 11) is 0. The van der Waals surface area contributed by atoms with E-state index in [0.29, 0.717) is 5.56 Å². The van der Waals surface area contributed by atoms with Crippen LogP contribution in [0.1, 0.15) is 27.6 Å². The Kier molecular flexibility index (Phi) is 2.30. The largest absolute Gasteiger partial charge is 0.478 e. The highest BCUT2D eigenvalue weighted by Gasteiger charge is 2.26. The average Bonchev–Trinajstić information content (AvgIpc) is 2.23. The fourth-order valence-corrected chi connectivity index (χ4v) is 1.72. The number of fused-ring (bicyclic) bond motifs is 1. The van der Waals surface area contributed by atoms with Crippen LogP contribution in [-0.2, 0) is 0 Å². The molecule has 0 saturated carbocycles. The highest BCUT2D eigenvalue weighted by atomic mass is 16.4. The average molecular weight is 206 g/mol. The third-order valence-corrected chi connectivity index (χ3v) is 2.46. The van der Waals surface area contributed by atoms with Crippen LogP contribution in [0.5, 0.6) is 0 Å². The first-order valence-corrected chi connectivity index (χ1v) is 4.52. The Morgan fingerprint density at radius 3 is 2.67 bits per heavy atom. The second-order valence-electron chi connectivity index (χ2n) is 3.41. The molecule has 4 nitrogen and oxygen atoms in total. The van der Waals surface area contributed by atoms with Crippen LogP contribution in [0.15, 0.2) is 24.3 Å². The molecule has 0 aromatic heterocycles. The molecule has 3 N–H and O–H groups in total. The van der Waals surface area contributed by atoms with E-state index in [9.17, 15) is 15.0 Å². The highest BCUT2D eigenvalue weighted by molar-refractivity contribution is 5.91. The SMILES string of the molecule is O=C(O)c1cccc2c1[C@@H](O)[C@@H](O)C=C2. The van der Waals surface area contributed by atoms with Gasteiger partial charge >= 0.3 is 5.97 Å². The molecule has 78 valence electrons. The summed E-state index contributed by atoms with van der Waals surface area (Å²) < 4.78 is 0. The molecule has 1 aliphatic carbocycles. The van der Waals surface area contributed by atoms with Crippen molar-refractivity contribution in [3.63, 3.8) is 0 Å². The van der Waals surface area contributed by atoms with Gasteiger partial charge in [0.25, 0.3) is 0 Å². The molecular formula is C11H10O4. The first-order chi connectivity index (χ1) is 7.11. The molecule has 15 heavy (non-hydrogen) atoms. The molecule has 0 amide bonds. The Balaban J connectivity index is 2.64. The molecule has 0 spiro atoms. The Bertz CT molecular complexity index is 436. The van der Waals surface area contributed by atoms with Gasteiger partial charge in [0.2, 0.25) is 0 Å². The molecule has 0 radical (unpaired) electrons. The Labute approximate surface area is 86.1 Å². The molecule has 1 aromatic carbocycles. The maximum atomic E-state index is 10.9. The Hall–Kier alpha value is -1.65. The summed E-state index contributed by atoms with van der Waals surface area (Å²) >= 11 is 0. The Morgan fingerprint density at radius 2 is 2.00 bits per heavy atom. The standard InChI is InChI=1S/C11H10O4/c12-8-5-4-6-2-1-3-7(11(14)15)9(6)10(8)13/h1-5,8,10,12-13H,(H,14,15)/t8-,10-/m0/s1. The van der Waals surface area contributed by atoms with E-state index in [1.807, 2.05) is 0 Å². The molecule has 2 rings (SSSR count). The van der Waals surface area contributed by atoms with Crippen LogP contribution < -0.4 is 0 Å². The van der Waals surface area contributed by atoms with Crippen LogP contribution in [0.2, 0.25) is 0 Å². The molecule has 4 heteroatoms. The first kappa shape index (κ1) is 9.89. The van der Waals surface area contributed by atoms with Crippen LogP contribution in [0, 0.1) is 0 Å². The summed E-state index contributed by atoms with van der Waals surface area (Å²) in [5.74, 6) is -1.10. The van der Waals surface area contributed by atoms with Crippen molar-refractivity contribution in [2.24, 2.45) is 0 Å². The van der Waals surface area contributed by atoms with Crippen molar-refractivity contribution in [3.05, 3.63) is 41.0 Å². The molecule has 0 fully saturated rings. The van der Waals surface area contributed by atoms with Gasteiger partial charge in [-0.1, -0.05) is 24.3 Å². The molecule has 1 aromatic rings. The highest BCUT2D eigenvalue weighted by Crippen LogP contribution is 2.30. The predicted octanol–water partition coefficient (Wildman–Crippen LogP) is 0.806. The van der Waals surface area contributed by atoms with E-state index in [4.69, 9.17) is 5.11 Å². The van der Waals surface area contributed by atoms with Gasteiger partial charge in [-0.15, -0.1) is 0 Å². The van der Waals surface area contributed by atoms with E-state index in [2.05, 4.69) is 0 Å². The topological polar surface area (TPSA) is 77.8 Å². The smallest absolute Gasteiger partial charge is 0.336 e. The zero-order valence-corrected chi connectivity index (χ0v) is 7.79.